The molecule has 33 heavy (non-hydrogen) atoms. The third kappa shape index (κ3) is 6.84. The maximum atomic E-state index is 3.41. The zero-order chi connectivity index (χ0) is 22.7. The average molecular weight is 429 g/mol. The lowest BCUT2D eigenvalue weighted by Crippen LogP contribution is -1.90. The van der Waals surface area contributed by atoms with E-state index in [9.17, 15) is 0 Å². The summed E-state index contributed by atoms with van der Waals surface area (Å²) in [4.78, 5) is 0. The molecule has 162 valence electrons. The molecule has 0 aliphatic rings. The van der Waals surface area contributed by atoms with Gasteiger partial charge in [-0.05, 0) is 66.6 Å². The molecule has 0 amide bonds. The lowest BCUT2D eigenvalue weighted by atomic mass is 10.0. The molecular formula is C31H28N2. The first kappa shape index (κ1) is 21.9. The minimum atomic E-state index is 1.09. The summed E-state index contributed by atoms with van der Waals surface area (Å²) in [5, 5.41) is 6.82. The van der Waals surface area contributed by atoms with Crippen molar-refractivity contribution in [2.45, 2.75) is 6.92 Å². The fourth-order valence-corrected chi connectivity index (χ4v) is 3.40. The SMILES string of the molecule is Cc1ccccc1.c1ccc(Nc2ccc(-c3ccc(Nc4ccccc4)cc3)cc2)cc1. The first-order chi connectivity index (χ1) is 16.3. The lowest BCUT2D eigenvalue weighted by molar-refractivity contribution is 1.48. The fraction of sp³-hybridized carbons (Fsp3) is 0.0323. The minimum Gasteiger partial charge on any atom is -0.356 e. The molecule has 0 saturated heterocycles. The summed E-state index contributed by atoms with van der Waals surface area (Å²) in [6.45, 7) is 2.08. The van der Waals surface area contributed by atoms with Gasteiger partial charge in [-0.15, -0.1) is 0 Å². The smallest absolute Gasteiger partial charge is 0.0384 e. The molecular weight excluding hydrogens is 400 g/mol. The largest absolute Gasteiger partial charge is 0.356 e. The highest BCUT2D eigenvalue weighted by Gasteiger charge is 2.00. The minimum absolute atomic E-state index is 1.09. The van der Waals surface area contributed by atoms with Crippen molar-refractivity contribution in [2.75, 3.05) is 10.6 Å². The highest BCUT2D eigenvalue weighted by atomic mass is 14.9. The van der Waals surface area contributed by atoms with Crippen LogP contribution >= 0.6 is 0 Å². The average Bonchev–Trinajstić information content (AvgIpc) is 2.87. The van der Waals surface area contributed by atoms with Crippen LogP contribution in [-0.2, 0) is 0 Å². The standard InChI is InChI=1S/C24H20N2.C7H8/c1-3-7-21(8-4-1)25-23-15-11-19(12-16-23)20-13-17-24(18-14-20)26-22-9-5-2-6-10-22;1-7-5-3-2-4-6-7/h1-18,25-26H;2-6H,1H3. The lowest BCUT2D eigenvalue weighted by Gasteiger charge is -2.09. The molecule has 5 aromatic carbocycles. The number of nitrogens with one attached hydrogen (secondary N) is 2. The van der Waals surface area contributed by atoms with Gasteiger partial charge in [-0.2, -0.15) is 0 Å². The van der Waals surface area contributed by atoms with Gasteiger partial charge in [0.05, 0.1) is 0 Å². The molecule has 0 aliphatic carbocycles. The summed E-state index contributed by atoms with van der Waals surface area (Å²) in [7, 11) is 0. The van der Waals surface area contributed by atoms with Gasteiger partial charge in [0.1, 0.15) is 0 Å². The van der Waals surface area contributed by atoms with Gasteiger partial charge in [0.25, 0.3) is 0 Å². The number of hydrogen-bond donors (Lipinski definition) is 2. The van der Waals surface area contributed by atoms with Crippen LogP contribution in [0.25, 0.3) is 11.1 Å². The second-order valence-corrected chi connectivity index (χ2v) is 7.79. The molecule has 0 aromatic heterocycles. The Labute approximate surface area is 196 Å². The molecule has 2 N–H and O–H groups in total. The van der Waals surface area contributed by atoms with Gasteiger partial charge in [0, 0.05) is 22.7 Å². The zero-order valence-electron chi connectivity index (χ0n) is 18.8. The number of rotatable bonds is 5. The van der Waals surface area contributed by atoms with Crippen LogP contribution in [-0.4, -0.2) is 0 Å². The molecule has 0 atom stereocenters. The second kappa shape index (κ2) is 11.4. The van der Waals surface area contributed by atoms with E-state index in [1.54, 1.807) is 0 Å². The van der Waals surface area contributed by atoms with Gasteiger partial charge in [0.2, 0.25) is 0 Å². The molecule has 0 spiro atoms. The van der Waals surface area contributed by atoms with Gasteiger partial charge in [-0.1, -0.05) is 96.6 Å². The normalized spacial score (nSPS) is 9.97. The Balaban J connectivity index is 0.000000318. The molecule has 0 radical (unpaired) electrons. The summed E-state index contributed by atoms with van der Waals surface area (Å²) in [5.41, 5.74) is 8.09. The van der Waals surface area contributed by atoms with Crippen molar-refractivity contribution in [3.05, 3.63) is 145 Å². The van der Waals surface area contributed by atoms with Crippen LogP contribution in [0.3, 0.4) is 0 Å². The first-order valence-electron chi connectivity index (χ1n) is 11.1. The maximum Gasteiger partial charge on any atom is 0.0384 e. The third-order valence-electron chi connectivity index (χ3n) is 5.17. The number of anilines is 4. The van der Waals surface area contributed by atoms with Crippen molar-refractivity contribution >= 4 is 22.7 Å². The monoisotopic (exact) mass is 428 g/mol. The van der Waals surface area contributed by atoms with Crippen molar-refractivity contribution < 1.29 is 0 Å². The van der Waals surface area contributed by atoms with E-state index < -0.39 is 0 Å². The van der Waals surface area contributed by atoms with Crippen molar-refractivity contribution in [3.8, 4) is 11.1 Å². The van der Waals surface area contributed by atoms with Crippen LogP contribution in [0.4, 0.5) is 22.7 Å². The Morgan fingerprint density at radius 2 is 0.636 bits per heavy atom. The summed E-state index contributed by atoms with van der Waals surface area (Å²) in [6, 6.07) is 47.7. The fourth-order valence-electron chi connectivity index (χ4n) is 3.40. The Bertz CT molecular complexity index is 1130. The van der Waals surface area contributed by atoms with E-state index in [1.807, 2.05) is 54.6 Å². The predicted molar refractivity (Wildman–Crippen MR) is 143 cm³/mol. The molecule has 0 bridgehead atoms. The Morgan fingerprint density at radius 1 is 0.333 bits per heavy atom. The van der Waals surface area contributed by atoms with Crippen molar-refractivity contribution in [2.24, 2.45) is 0 Å². The first-order valence-corrected chi connectivity index (χ1v) is 11.1. The van der Waals surface area contributed by atoms with Gasteiger partial charge in [-0.25, -0.2) is 0 Å². The van der Waals surface area contributed by atoms with Gasteiger partial charge in [-0.3, -0.25) is 0 Å². The van der Waals surface area contributed by atoms with E-state index in [0.717, 1.165) is 22.7 Å². The van der Waals surface area contributed by atoms with Gasteiger partial charge < -0.3 is 10.6 Å². The molecule has 2 heteroatoms. The Kier molecular flexibility index (Phi) is 7.54. The van der Waals surface area contributed by atoms with E-state index in [4.69, 9.17) is 0 Å². The number of aryl methyl sites for hydroxylation is 1. The van der Waals surface area contributed by atoms with Crippen LogP contribution in [0.15, 0.2) is 140 Å². The van der Waals surface area contributed by atoms with E-state index in [-0.39, 0.29) is 0 Å². The van der Waals surface area contributed by atoms with Gasteiger partial charge >= 0.3 is 0 Å². The number of hydrogen-bond acceptors (Lipinski definition) is 2. The van der Waals surface area contributed by atoms with E-state index >= 15 is 0 Å². The zero-order valence-corrected chi connectivity index (χ0v) is 18.8. The second-order valence-electron chi connectivity index (χ2n) is 7.79. The third-order valence-corrected chi connectivity index (χ3v) is 5.17. The van der Waals surface area contributed by atoms with E-state index in [2.05, 4.69) is 102 Å². The van der Waals surface area contributed by atoms with E-state index in [0.29, 0.717) is 0 Å². The highest BCUT2D eigenvalue weighted by Crippen LogP contribution is 2.25. The Morgan fingerprint density at radius 3 is 0.939 bits per heavy atom. The van der Waals surface area contributed by atoms with Gasteiger partial charge in [0.15, 0.2) is 0 Å². The van der Waals surface area contributed by atoms with Crippen LogP contribution in [0.1, 0.15) is 5.56 Å². The molecule has 5 aromatic rings. The van der Waals surface area contributed by atoms with Crippen LogP contribution in [0.5, 0.6) is 0 Å². The summed E-state index contributed by atoms with van der Waals surface area (Å²) in [5.74, 6) is 0. The van der Waals surface area contributed by atoms with Crippen LogP contribution < -0.4 is 10.6 Å². The quantitative estimate of drug-likeness (QED) is 0.292. The Hall–Kier alpha value is -4.30. The summed E-state index contributed by atoms with van der Waals surface area (Å²) < 4.78 is 0. The molecule has 0 saturated carbocycles. The molecule has 5 rings (SSSR count). The molecule has 0 fully saturated rings. The number of para-hydroxylation sites is 2. The topological polar surface area (TPSA) is 24.1 Å². The summed E-state index contributed by atoms with van der Waals surface area (Å²) >= 11 is 0. The molecule has 0 aliphatic heterocycles. The van der Waals surface area contributed by atoms with Crippen molar-refractivity contribution in [1.82, 2.24) is 0 Å². The van der Waals surface area contributed by atoms with Crippen LogP contribution in [0, 0.1) is 6.92 Å². The predicted octanol–water partition coefficient (Wildman–Crippen LogP) is 8.84. The van der Waals surface area contributed by atoms with Crippen molar-refractivity contribution in [1.29, 1.82) is 0 Å². The number of benzene rings is 5. The van der Waals surface area contributed by atoms with E-state index in [1.165, 1.54) is 16.7 Å². The highest BCUT2D eigenvalue weighted by molar-refractivity contribution is 5.71. The molecule has 2 nitrogen and oxygen atoms in total. The van der Waals surface area contributed by atoms with Crippen LogP contribution in [0.2, 0.25) is 0 Å². The maximum absolute atomic E-state index is 3.41. The van der Waals surface area contributed by atoms with Crippen molar-refractivity contribution in [3.63, 3.8) is 0 Å². The molecule has 0 heterocycles. The summed E-state index contributed by atoms with van der Waals surface area (Å²) in [6.07, 6.45) is 0. The molecule has 0 unspecified atom stereocenters.